The number of ether oxygens (including phenoxy) is 1. The van der Waals surface area contributed by atoms with Gasteiger partial charge in [-0.2, -0.15) is 0 Å². The number of rotatable bonds is 7. The monoisotopic (exact) mass is 372 g/mol. The van der Waals surface area contributed by atoms with Crippen LogP contribution in [0.5, 0.6) is 5.75 Å². The summed E-state index contributed by atoms with van der Waals surface area (Å²) < 4.78 is 28.2. The maximum absolute atomic E-state index is 11.3. The van der Waals surface area contributed by atoms with Gasteiger partial charge >= 0.3 is 15.2 Å². The van der Waals surface area contributed by atoms with Crippen molar-refractivity contribution in [3.8, 4) is 5.75 Å². The van der Waals surface area contributed by atoms with Crippen LogP contribution in [-0.4, -0.2) is 25.0 Å². The lowest BCUT2D eigenvalue weighted by Crippen LogP contribution is -2.12. The van der Waals surface area contributed by atoms with Crippen molar-refractivity contribution < 1.29 is 33.4 Å². The summed E-state index contributed by atoms with van der Waals surface area (Å²) in [5.74, 6) is 0.548. The van der Waals surface area contributed by atoms with Crippen molar-refractivity contribution in [1.82, 2.24) is 0 Å². The molecule has 2 aromatic carbocycles. The van der Waals surface area contributed by atoms with Crippen LogP contribution >= 0.6 is 15.2 Å². The SMILES string of the molecule is O=P(O)(O)C(Cc1ccc(OCc2ccccc2)cc1)P(=O)(O)O. The molecule has 0 radical (unpaired) electrons. The van der Waals surface area contributed by atoms with Gasteiger partial charge in [-0.15, -0.1) is 0 Å². The average Bonchev–Trinajstić information content (AvgIpc) is 2.50. The van der Waals surface area contributed by atoms with Crippen molar-refractivity contribution in [2.75, 3.05) is 0 Å². The lowest BCUT2D eigenvalue weighted by Gasteiger charge is -2.19. The Bertz CT molecular complexity index is 727. The fourth-order valence-corrected chi connectivity index (χ4v) is 4.57. The molecule has 0 saturated heterocycles. The van der Waals surface area contributed by atoms with Crippen LogP contribution in [0.15, 0.2) is 54.6 Å². The van der Waals surface area contributed by atoms with E-state index >= 15 is 0 Å². The molecule has 0 aliphatic carbocycles. The molecule has 0 atom stereocenters. The van der Waals surface area contributed by atoms with Gasteiger partial charge in [-0.25, -0.2) is 0 Å². The van der Waals surface area contributed by atoms with Crippen molar-refractivity contribution in [3.05, 3.63) is 65.7 Å². The Morgan fingerprint density at radius 3 is 1.83 bits per heavy atom. The summed E-state index contributed by atoms with van der Waals surface area (Å²) in [6.45, 7) is 0.369. The lowest BCUT2D eigenvalue weighted by molar-refractivity contribution is 0.306. The molecule has 0 amide bonds. The summed E-state index contributed by atoms with van der Waals surface area (Å²) >= 11 is 0. The second-order valence-corrected chi connectivity index (χ2v) is 9.29. The highest BCUT2D eigenvalue weighted by atomic mass is 31.2. The topological polar surface area (TPSA) is 124 Å². The molecule has 4 N–H and O–H groups in total. The van der Waals surface area contributed by atoms with Gasteiger partial charge in [-0.3, -0.25) is 9.13 Å². The van der Waals surface area contributed by atoms with Gasteiger partial charge in [0.05, 0.1) is 0 Å². The summed E-state index contributed by atoms with van der Waals surface area (Å²) in [7, 11) is -9.84. The van der Waals surface area contributed by atoms with Crippen molar-refractivity contribution in [2.45, 2.75) is 18.4 Å². The summed E-state index contributed by atoms with van der Waals surface area (Å²) in [4.78, 5) is 36.5. The van der Waals surface area contributed by atoms with Crippen LogP contribution in [0.2, 0.25) is 0 Å². The van der Waals surface area contributed by atoms with E-state index in [9.17, 15) is 9.13 Å². The fraction of sp³-hybridized carbons (Fsp3) is 0.200. The molecular formula is C15H18O7P2. The number of hydrogen-bond donors (Lipinski definition) is 4. The Kier molecular flexibility index (Phi) is 5.99. The Hall–Kier alpha value is -1.46. The first-order valence-electron chi connectivity index (χ1n) is 7.02. The molecule has 0 aromatic heterocycles. The highest BCUT2D eigenvalue weighted by Gasteiger charge is 2.43. The van der Waals surface area contributed by atoms with Gasteiger partial charge in [0.2, 0.25) is 0 Å². The smallest absolute Gasteiger partial charge is 0.341 e. The lowest BCUT2D eigenvalue weighted by atomic mass is 10.2. The summed E-state index contributed by atoms with van der Waals surface area (Å²) in [5.41, 5.74) is 1.39. The van der Waals surface area contributed by atoms with Gasteiger partial charge in [0.25, 0.3) is 0 Å². The van der Waals surface area contributed by atoms with E-state index in [2.05, 4.69) is 0 Å². The van der Waals surface area contributed by atoms with Crippen LogP contribution in [0.1, 0.15) is 11.1 Å². The van der Waals surface area contributed by atoms with Crippen LogP contribution in [0.3, 0.4) is 0 Å². The molecule has 0 spiro atoms. The Balaban J connectivity index is 2.03. The van der Waals surface area contributed by atoms with Crippen LogP contribution < -0.4 is 4.74 Å². The zero-order valence-corrected chi connectivity index (χ0v) is 14.4. The highest BCUT2D eigenvalue weighted by Crippen LogP contribution is 2.60. The van der Waals surface area contributed by atoms with Crippen LogP contribution in [-0.2, 0) is 22.2 Å². The zero-order valence-electron chi connectivity index (χ0n) is 12.6. The van der Waals surface area contributed by atoms with E-state index in [1.54, 1.807) is 12.1 Å². The van der Waals surface area contributed by atoms with Crippen molar-refractivity contribution in [2.24, 2.45) is 0 Å². The molecule has 2 aromatic rings. The predicted molar refractivity (Wildman–Crippen MR) is 88.8 cm³/mol. The minimum atomic E-state index is -4.92. The molecular weight excluding hydrogens is 354 g/mol. The van der Waals surface area contributed by atoms with Gasteiger partial charge in [0, 0.05) is 0 Å². The third-order valence-electron chi connectivity index (χ3n) is 3.37. The molecule has 0 aliphatic heterocycles. The van der Waals surface area contributed by atoms with E-state index in [-0.39, 0.29) is 0 Å². The summed E-state index contributed by atoms with van der Waals surface area (Å²) in [6.07, 6.45) is -0.423. The molecule has 0 aliphatic rings. The third-order valence-corrected chi connectivity index (χ3v) is 7.09. The summed E-state index contributed by atoms with van der Waals surface area (Å²) in [5, 5.41) is -2.04. The fourth-order valence-electron chi connectivity index (χ4n) is 2.11. The maximum atomic E-state index is 11.3. The largest absolute Gasteiger partial charge is 0.489 e. The Labute approximate surface area is 139 Å². The number of benzene rings is 2. The van der Waals surface area contributed by atoms with E-state index in [0.29, 0.717) is 17.9 Å². The minimum Gasteiger partial charge on any atom is -0.489 e. The second-order valence-electron chi connectivity index (χ2n) is 5.28. The molecule has 0 saturated carbocycles. The van der Waals surface area contributed by atoms with Gasteiger partial charge in [0.15, 0.2) is 5.40 Å². The van der Waals surface area contributed by atoms with E-state index in [0.717, 1.165) is 5.56 Å². The van der Waals surface area contributed by atoms with Crippen LogP contribution in [0, 0.1) is 0 Å². The van der Waals surface area contributed by atoms with Gasteiger partial charge in [-0.1, -0.05) is 42.5 Å². The standard InChI is InChI=1S/C15H18O7P2/c16-23(17,18)15(24(19,20)21)10-12-6-8-14(9-7-12)22-11-13-4-2-1-3-5-13/h1-9,15H,10-11H2,(H2,16,17,18)(H2,19,20,21). The first-order chi connectivity index (χ1) is 11.2. The molecule has 0 bridgehead atoms. The average molecular weight is 372 g/mol. The van der Waals surface area contributed by atoms with Gasteiger partial charge < -0.3 is 24.3 Å². The molecule has 130 valence electrons. The van der Waals surface area contributed by atoms with Crippen LogP contribution in [0.4, 0.5) is 0 Å². The van der Waals surface area contributed by atoms with E-state index in [1.165, 1.54) is 12.1 Å². The molecule has 0 unspecified atom stereocenters. The molecule has 9 heteroatoms. The second kappa shape index (κ2) is 7.62. The predicted octanol–water partition coefficient (Wildman–Crippen LogP) is 2.49. The summed E-state index contributed by atoms with van der Waals surface area (Å²) in [6, 6.07) is 15.8. The quantitative estimate of drug-likeness (QED) is 0.551. The molecule has 2 rings (SSSR count). The maximum Gasteiger partial charge on any atom is 0.341 e. The number of hydrogen-bond acceptors (Lipinski definition) is 3. The van der Waals surface area contributed by atoms with Gasteiger partial charge in [0.1, 0.15) is 12.4 Å². The first kappa shape index (κ1) is 18.9. The minimum absolute atomic E-state index is 0.369. The molecule has 7 nitrogen and oxygen atoms in total. The van der Waals surface area contributed by atoms with Crippen molar-refractivity contribution in [1.29, 1.82) is 0 Å². The van der Waals surface area contributed by atoms with E-state index in [1.807, 2.05) is 30.3 Å². The molecule has 0 fully saturated rings. The van der Waals surface area contributed by atoms with Crippen LogP contribution in [0.25, 0.3) is 0 Å². The molecule has 0 heterocycles. The van der Waals surface area contributed by atoms with Gasteiger partial charge in [-0.05, 0) is 29.7 Å². The van der Waals surface area contributed by atoms with E-state index < -0.39 is 27.0 Å². The molecule has 24 heavy (non-hydrogen) atoms. The highest BCUT2D eigenvalue weighted by molar-refractivity contribution is 7.70. The zero-order chi connectivity index (χ0) is 17.8. The first-order valence-corrected chi connectivity index (χ1v) is 10.4. The Morgan fingerprint density at radius 2 is 1.33 bits per heavy atom. The normalized spacial score (nSPS) is 12.4. The third kappa shape index (κ3) is 5.56. The van der Waals surface area contributed by atoms with E-state index in [4.69, 9.17) is 24.3 Å². The Morgan fingerprint density at radius 1 is 0.792 bits per heavy atom. The van der Waals surface area contributed by atoms with Crippen molar-refractivity contribution in [3.63, 3.8) is 0 Å². The van der Waals surface area contributed by atoms with Crippen molar-refractivity contribution >= 4 is 15.2 Å².